The van der Waals surface area contributed by atoms with E-state index < -0.39 is 0 Å². The number of nitrogens with zero attached hydrogens (tertiary/aromatic N) is 3. The number of carbonyl (C=O) groups is 1. The molecule has 0 aromatic carbocycles. The van der Waals surface area contributed by atoms with Gasteiger partial charge in [-0.05, 0) is 32.9 Å². The number of hydrogen-bond donors (Lipinski definition) is 1. The SMILES string of the molecule is CC(C)n1cccc1C(=O)N[C@H](C)c1ncon1. The lowest BCUT2D eigenvalue weighted by Crippen LogP contribution is -2.29. The summed E-state index contributed by atoms with van der Waals surface area (Å²) in [5, 5.41) is 6.54. The van der Waals surface area contributed by atoms with Crippen molar-refractivity contribution in [2.45, 2.75) is 32.9 Å². The Kier molecular flexibility index (Phi) is 3.45. The first-order valence-electron chi connectivity index (χ1n) is 5.83. The number of aromatic nitrogens is 3. The van der Waals surface area contributed by atoms with Crippen LogP contribution in [0.3, 0.4) is 0 Å². The van der Waals surface area contributed by atoms with Gasteiger partial charge in [0.25, 0.3) is 5.91 Å². The Bertz CT molecular complexity index is 516. The summed E-state index contributed by atoms with van der Waals surface area (Å²) in [5.41, 5.74) is 0.625. The molecule has 6 heteroatoms. The van der Waals surface area contributed by atoms with Crippen molar-refractivity contribution in [1.29, 1.82) is 0 Å². The molecule has 0 saturated heterocycles. The molecule has 1 amide bonds. The third kappa shape index (κ3) is 2.42. The molecule has 2 aromatic rings. The van der Waals surface area contributed by atoms with Crippen molar-refractivity contribution in [2.75, 3.05) is 0 Å². The summed E-state index contributed by atoms with van der Waals surface area (Å²) >= 11 is 0. The minimum atomic E-state index is -0.285. The van der Waals surface area contributed by atoms with Crippen molar-refractivity contribution in [2.24, 2.45) is 0 Å². The molecule has 96 valence electrons. The van der Waals surface area contributed by atoms with E-state index in [9.17, 15) is 4.79 Å². The summed E-state index contributed by atoms with van der Waals surface area (Å²) in [5.74, 6) is 0.317. The van der Waals surface area contributed by atoms with Gasteiger partial charge < -0.3 is 14.4 Å². The van der Waals surface area contributed by atoms with Crippen molar-refractivity contribution in [3.05, 3.63) is 36.2 Å². The second-order valence-corrected chi connectivity index (χ2v) is 4.38. The molecule has 0 aliphatic heterocycles. The lowest BCUT2D eigenvalue weighted by molar-refractivity contribution is 0.0927. The molecule has 2 heterocycles. The zero-order valence-corrected chi connectivity index (χ0v) is 10.6. The molecule has 0 unspecified atom stereocenters. The molecule has 18 heavy (non-hydrogen) atoms. The number of rotatable bonds is 4. The molecule has 2 aromatic heterocycles. The van der Waals surface area contributed by atoms with Crippen LogP contribution in [0.5, 0.6) is 0 Å². The zero-order valence-electron chi connectivity index (χ0n) is 10.6. The molecule has 0 aliphatic rings. The van der Waals surface area contributed by atoms with Crippen LogP contribution in [0.1, 0.15) is 49.2 Å². The fraction of sp³-hybridized carbons (Fsp3) is 0.417. The molecule has 0 spiro atoms. The molecule has 1 N–H and O–H groups in total. The molecular formula is C12H16N4O2. The fourth-order valence-electron chi connectivity index (χ4n) is 1.74. The van der Waals surface area contributed by atoms with Gasteiger partial charge in [0, 0.05) is 12.2 Å². The van der Waals surface area contributed by atoms with E-state index in [2.05, 4.69) is 20.0 Å². The highest BCUT2D eigenvalue weighted by molar-refractivity contribution is 5.93. The Morgan fingerprint density at radius 1 is 1.44 bits per heavy atom. The number of amides is 1. The maximum Gasteiger partial charge on any atom is 0.268 e. The monoisotopic (exact) mass is 248 g/mol. The van der Waals surface area contributed by atoms with E-state index in [1.165, 1.54) is 6.39 Å². The van der Waals surface area contributed by atoms with Crippen molar-refractivity contribution in [3.63, 3.8) is 0 Å². The Morgan fingerprint density at radius 3 is 2.83 bits per heavy atom. The van der Waals surface area contributed by atoms with Crippen LogP contribution in [0, 0.1) is 0 Å². The molecule has 0 bridgehead atoms. The van der Waals surface area contributed by atoms with Crippen LogP contribution in [0.25, 0.3) is 0 Å². The van der Waals surface area contributed by atoms with E-state index in [1.54, 1.807) is 6.07 Å². The average molecular weight is 248 g/mol. The largest absolute Gasteiger partial charge is 0.343 e. The predicted octanol–water partition coefficient (Wildman–Crippen LogP) is 1.94. The van der Waals surface area contributed by atoms with Crippen LogP contribution in [0.15, 0.2) is 29.2 Å². The van der Waals surface area contributed by atoms with E-state index in [4.69, 9.17) is 0 Å². The second kappa shape index (κ2) is 5.03. The van der Waals surface area contributed by atoms with E-state index in [0.717, 1.165) is 0 Å². The summed E-state index contributed by atoms with van der Waals surface area (Å²) < 4.78 is 6.57. The smallest absolute Gasteiger partial charge is 0.268 e. The Morgan fingerprint density at radius 2 is 2.22 bits per heavy atom. The predicted molar refractivity (Wildman–Crippen MR) is 65.0 cm³/mol. The van der Waals surface area contributed by atoms with Gasteiger partial charge in [-0.15, -0.1) is 0 Å². The van der Waals surface area contributed by atoms with Crippen LogP contribution in [-0.4, -0.2) is 20.6 Å². The van der Waals surface area contributed by atoms with Gasteiger partial charge in [-0.3, -0.25) is 4.79 Å². The van der Waals surface area contributed by atoms with Crippen LogP contribution < -0.4 is 5.32 Å². The van der Waals surface area contributed by atoms with Gasteiger partial charge in [-0.25, -0.2) is 0 Å². The molecule has 0 saturated carbocycles. The molecule has 0 radical (unpaired) electrons. The first-order chi connectivity index (χ1) is 8.59. The van der Waals surface area contributed by atoms with Gasteiger partial charge in [-0.2, -0.15) is 4.98 Å². The Labute approximate surface area is 105 Å². The van der Waals surface area contributed by atoms with Crippen molar-refractivity contribution >= 4 is 5.91 Å². The Balaban J connectivity index is 2.10. The molecular weight excluding hydrogens is 232 g/mol. The quantitative estimate of drug-likeness (QED) is 0.897. The molecule has 6 nitrogen and oxygen atoms in total. The normalized spacial score (nSPS) is 12.7. The molecule has 2 rings (SSSR count). The third-order valence-corrected chi connectivity index (χ3v) is 2.68. The van der Waals surface area contributed by atoms with Crippen LogP contribution in [-0.2, 0) is 0 Å². The highest BCUT2D eigenvalue weighted by Crippen LogP contribution is 2.12. The molecule has 0 aliphatic carbocycles. The van der Waals surface area contributed by atoms with Gasteiger partial charge in [-0.1, -0.05) is 5.16 Å². The van der Waals surface area contributed by atoms with E-state index in [1.807, 2.05) is 37.6 Å². The summed E-state index contributed by atoms with van der Waals surface area (Å²) in [7, 11) is 0. The Hall–Kier alpha value is -2.11. The number of carbonyl (C=O) groups excluding carboxylic acids is 1. The standard InChI is InChI=1S/C12H16N4O2/c1-8(2)16-6-4-5-10(16)12(17)14-9(3)11-13-7-18-15-11/h4-9H,1-3H3,(H,14,17)/t9-/m1/s1. The minimum absolute atomic E-state index is 0.147. The van der Waals surface area contributed by atoms with E-state index >= 15 is 0 Å². The minimum Gasteiger partial charge on any atom is -0.343 e. The molecule has 0 fully saturated rings. The number of hydrogen-bond acceptors (Lipinski definition) is 4. The summed E-state index contributed by atoms with van der Waals surface area (Å²) in [4.78, 5) is 16.0. The highest BCUT2D eigenvalue weighted by atomic mass is 16.5. The average Bonchev–Trinajstić information content (AvgIpc) is 3.00. The van der Waals surface area contributed by atoms with Crippen LogP contribution in [0.4, 0.5) is 0 Å². The van der Waals surface area contributed by atoms with Gasteiger partial charge >= 0.3 is 0 Å². The van der Waals surface area contributed by atoms with Crippen molar-refractivity contribution < 1.29 is 9.32 Å². The topological polar surface area (TPSA) is 73.0 Å². The lowest BCUT2D eigenvalue weighted by atomic mass is 10.3. The van der Waals surface area contributed by atoms with Crippen LogP contribution >= 0.6 is 0 Å². The first-order valence-corrected chi connectivity index (χ1v) is 5.83. The van der Waals surface area contributed by atoms with Crippen molar-refractivity contribution in [3.8, 4) is 0 Å². The first kappa shape index (κ1) is 12.3. The van der Waals surface area contributed by atoms with Crippen LogP contribution in [0.2, 0.25) is 0 Å². The summed E-state index contributed by atoms with van der Waals surface area (Å²) in [6.45, 7) is 5.87. The van der Waals surface area contributed by atoms with Crippen molar-refractivity contribution in [1.82, 2.24) is 20.0 Å². The van der Waals surface area contributed by atoms with Gasteiger partial charge in [0.2, 0.25) is 6.39 Å². The highest BCUT2D eigenvalue weighted by Gasteiger charge is 2.17. The van der Waals surface area contributed by atoms with Gasteiger partial charge in [0.1, 0.15) is 5.69 Å². The number of nitrogens with one attached hydrogen (secondary N) is 1. The lowest BCUT2D eigenvalue weighted by Gasteiger charge is -2.14. The third-order valence-electron chi connectivity index (χ3n) is 2.68. The molecule has 1 atom stereocenters. The fourth-order valence-corrected chi connectivity index (χ4v) is 1.74. The van der Waals surface area contributed by atoms with Gasteiger partial charge in [0.05, 0.1) is 6.04 Å². The summed E-state index contributed by atoms with van der Waals surface area (Å²) in [6, 6.07) is 3.60. The maximum atomic E-state index is 12.1. The van der Waals surface area contributed by atoms with Gasteiger partial charge in [0.15, 0.2) is 5.82 Å². The van der Waals surface area contributed by atoms with E-state index in [-0.39, 0.29) is 18.0 Å². The van der Waals surface area contributed by atoms with E-state index in [0.29, 0.717) is 11.5 Å². The maximum absolute atomic E-state index is 12.1. The summed E-state index contributed by atoms with van der Waals surface area (Å²) in [6.07, 6.45) is 3.13. The second-order valence-electron chi connectivity index (χ2n) is 4.38. The zero-order chi connectivity index (χ0) is 13.1.